The van der Waals surface area contributed by atoms with Crippen molar-refractivity contribution in [3.05, 3.63) is 65.2 Å². The molecule has 13 heteroatoms. The normalized spacial score (nSPS) is 24.3. The van der Waals surface area contributed by atoms with Crippen molar-refractivity contribution >= 4 is 40.0 Å². The number of amides is 2. The van der Waals surface area contributed by atoms with Gasteiger partial charge in [-0.2, -0.15) is 0 Å². The number of aryl methyl sites for hydroxylation is 1. The predicted octanol–water partition coefficient (Wildman–Crippen LogP) is 5.88. The molecule has 3 saturated heterocycles. The molecule has 1 spiro atoms. The molecule has 54 heavy (non-hydrogen) atoms. The number of hydrogen-bond acceptors (Lipinski definition) is 8. The van der Waals surface area contributed by atoms with Gasteiger partial charge in [0.05, 0.1) is 47.9 Å². The molecule has 2 aromatic carbocycles. The first-order chi connectivity index (χ1) is 26.0. The number of anilines is 3. The van der Waals surface area contributed by atoms with E-state index in [2.05, 4.69) is 37.5 Å². The first kappa shape index (κ1) is 35.3. The number of piperidine rings is 1. The van der Waals surface area contributed by atoms with Crippen LogP contribution in [0.15, 0.2) is 42.7 Å². The summed E-state index contributed by atoms with van der Waals surface area (Å²) in [7, 11) is 1.55. The summed E-state index contributed by atoms with van der Waals surface area (Å²) in [5.41, 5.74) is 5.28. The second kappa shape index (κ2) is 13.4. The highest BCUT2D eigenvalue weighted by Crippen LogP contribution is 2.52. The number of aromatic nitrogens is 3. The number of nitrogens with zero attached hydrogens (tertiary/aromatic N) is 6. The lowest BCUT2D eigenvalue weighted by Gasteiger charge is -2.47. The number of carbonyl (C=O) groups excluding carboxylic acids is 2. The van der Waals surface area contributed by atoms with Gasteiger partial charge in [-0.05, 0) is 101 Å². The number of carbonyl (C=O) groups is 2. The number of hydrogen-bond donors (Lipinski definition) is 2. The van der Waals surface area contributed by atoms with Crippen molar-refractivity contribution in [2.75, 3.05) is 56.7 Å². The first-order valence-corrected chi connectivity index (χ1v) is 19.4. The van der Waals surface area contributed by atoms with E-state index < -0.39 is 17.4 Å². The molecule has 1 saturated carbocycles. The molecule has 2 aromatic heterocycles. The van der Waals surface area contributed by atoms with E-state index in [0.29, 0.717) is 52.7 Å². The Balaban J connectivity index is 1.10. The van der Waals surface area contributed by atoms with Crippen LogP contribution >= 0.6 is 0 Å². The molecule has 11 nitrogen and oxygen atoms in total. The summed E-state index contributed by atoms with van der Waals surface area (Å²) < 4.78 is 37.1. The maximum Gasteiger partial charge on any atom is 0.251 e. The smallest absolute Gasteiger partial charge is 0.251 e. The number of ether oxygens (including phenoxy) is 1. The molecule has 4 aliphatic heterocycles. The number of imidazole rings is 1. The number of fused-ring (bicyclic) bond motifs is 3. The average Bonchev–Trinajstić information content (AvgIpc) is 3.81. The molecule has 1 atom stereocenters. The van der Waals surface area contributed by atoms with Crippen LogP contribution in [0.5, 0.6) is 0 Å². The van der Waals surface area contributed by atoms with Crippen LogP contribution in [-0.4, -0.2) is 107 Å². The third-order valence-electron chi connectivity index (χ3n) is 12.8. The minimum Gasteiger partial charge on any atom is -0.378 e. The highest BCUT2D eigenvalue weighted by atomic mass is 19.1. The second-order valence-electron chi connectivity index (χ2n) is 16.2. The van der Waals surface area contributed by atoms with Crippen LogP contribution in [0.4, 0.5) is 26.0 Å². The second-order valence-corrected chi connectivity index (χ2v) is 16.2. The minimum absolute atomic E-state index is 0.0426. The van der Waals surface area contributed by atoms with E-state index in [1.54, 1.807) is 20.3 Å². The maximum absolute atomic E-state index is 15.5. The van der Waals surface area contributed by atoms with Crippen molar-refractivity contribution in [1.82, 2.24) is 29.7 Å². The Labute approximate surface area is 314 Å². The Bertz CT molecular complexity index is 2140. The van der Waals surface area contributed by atoms with Crippen LogP contribution in [0, 0.1) is 12.7 Å². The third-order valence-corrected chi connectivity index (χ3v) is 12.8. The quantitative estimate of drug-likeness (QED) is 0.231. The van der Waals surface area contributed by atoms with Crippen LogP contribution in [-0.2, 0) is 14.9 Å². The zero-order valence-electron chi connectivity index (χ0n) is 31.4. The molecular weight excluding hydrogens is 690 g/mol. The summed E-state index contributed by atoms with van der Waals surface area (Å²) in [6.45, 7) is 10.2. The Morgan fingerprint density at radius 1 is 1.02 bits per heavy atom. The summed E-state index contributed by atoms with van der Waals surface area (Å²) in [4.78, 5) is 44.1. The van der Waals surface area contributed by atoms with Crippen LogP contribution in [0.25, 0.3) is 22.3 Å². The van der Waals surface area contributed by atoms with Gasteiger partial charge in [-0.25, -0.2) is 18.7 Å². The Morgan fingerprint density at radius 2 is 1.80 bits per heavy atom. The molecule has 1 aliphatic carbocycles. The van der Waals surface area contributed by atoms with Gasteiger partial charge in [0, 0.05) is 55.1 Å². The largest absolute Gasteiger partial charge is 0.378 e. The molecule has 4 fully saturated rings. The number of pyridine rings is 1. The molecule has 6 heterocycles. The van der Waals surface area contributed by atoms with E-state index in [4.69, 9.17) is 14.7 Å². The average molecular weight is 739 g/mol. The Morgan fingerprint density at radius 3 is 2.46 bits per heavy atom. The highest BCUT2D eigenvalue weighted by molar-refractivity contribution is 6.09. The lowest BCUT2D eigenvalue weighted by Crippen LogP contribution is -2.59. The van der Waals surface area contributed by atoms with E-state index in [1.807, 2.05) is 30.5 Å². The molecular formula is C41H48F2N8O3. The SMILES string of the molecule is CNC(=O)c1cc(Nc2nc(-c3ccc4c(c3)N(C3CC(N5CCC(F)C5)C3)C(=O)C43CCN(C4COC4)CC3)cc3ncn(C(C)C)c23)c(F)cc1C. The number of rotatable bonds is 8. The monoisotopic (exact) mass is 738 g/mol. The van der Waals surface area contributed by atoms with Gasteiger partial charge in [-0.3, -0.25) is 19.4 Å². The van der Waals surface area contributed by atoms with E-state index in [0.717, 1.165) is 75.3 Å². The molecule has 2 N–H and O–H groups in total. The molecule has 2 amide bonds. The molecule has 4 aromatic rings. The lowest BCUT2D eigenvalue weighted by atomic mass is 9.73. The van der Waals surface area contributed by atoms with Crippen molar-refractivity contribution in [3.8, 4) is 11.3 Å². The van der Waals surface area contributed by atoms with Gasteiger partial charge >= 0.3 is 0 Å². The van der Waals surface area contributed by atoms with E-state index >= 15 is 4.39 Å². The van der Waals surface area contributed by atoms with Gasteiger partial charge < -0.3 is 24.8 Å². The molecule has 284 valence electrons. The molecule has 9 rings (SSSR count). The Hall–Kier alpha value is -4.46. The molecule has 1 unspecified atom stereocenters. The van der Waals surface area contributed by atoms with E-state index in [1.165, 1.54) is 12.1 Å². The maximum atomic E-state index is 15.5. The van der Waals surface area contributed by atoms with Gasteiger partial charge in [0.2, 0.25) is 5.91 Å². The topological polar surface area (TPSA) is 108 Å². The standard InChI is InChI=1S/C41H48F2N8O3/c1-23(2)50-22-45-35-18-33(46-38(37(35)50)47-34-17-30(39(52)44-4)24(3)13-32(34)43)25-5-6-31-36(14-25)51(28-15-27(16-28)49-10-7-26(42)19-49)40(53)41(31)8-11-48(12-9-41)29-20-54-21-29/h5-6,13-14,17-18,22-23,26-29H,7-12,15-16,19-21H2,1-4H3,(H,44,52)(H,46,47). The molecule has 5 aliphatic rings. The summed E-state index contributed by atoms with van der Waals surface area (Å²) in [5.74, 6) is -0.221. The molecule has 0 radical (unpaired) electrons. The molecule has 0 bridgehead atoms. The van der Waals surface area contributed by atoms with Gasteiger partial charge in [-0.1, -0.05) is 12.1 Å². The highest BCUT2D eigenvalue weighted by Gasteiger charge is 2.56. The van der Waals surface area contributed by atoms with Crippen LogP contribution < -0.4 is 15.5 Å². The van der Waals surface area contributed by atoms with Crippen molar-refractivity contribution in [1.29, 1.82) is 0 Å². The van der Waals surface area contributed by atoms with Crippen molar-refractivity contribution in [2.24, 2.45) is 0 Å². The summed E-state index contributed by atoms with van der Waals surface area (Å²) in [5, 5.41) is 5.86. The third kappa shape index (κ3) is 5.69. The van der Waals surface area contributed by atoms with Gasteiger partial charge in [0.1, 0.15) is 17.5 Å². The van der Waals surface area contributed by atoms with E-state index in [9.17, 15) is 14.0 Å². The van der Waals surface area contributed by atoms with Gasteiger partial charge in [-0.15, -0.1) is 0 Å². The summed E-state index contributed by atoms with van der Waals surface area (Å²) in [6.07, 6.45) is 4.73. The van der Waals surface area contributed by atoms with E-state index in [-0.39, 0.29) is 35.6 Å². The Kier molecular flexibility index (Phi) is 8.74. The number of likely N-dealkylation sites (tertiary alicyclic amines) is 2. The zero-order valence-corrected chi connectivity index (χ0v) is 31.4. The minimum atomic E-state index is -0.771. The summed E-state index contributed by atoms with van der Waals surface area (Å²) in [6, 6.07) is 11.9. The number of benzene rings is 2. The van der Waals surface area contributed by atoms with Crippen molar-refractivity contribution < 1.29 is 23.1 Å². The lowest BCUT2D eigenvalue weighted by molar-refractivity contribution is -0.128. The van der Waals surface area contributed by atoms with Crippen molar-refractivity contribution in [2.45, 2.75) is 88.6 Å². The number of alkyl halides is 1. The van der Waals surface area contributed by atoms with Crippen molar-refractivity contribution in [3.63, 3.8) is 0 Å². The van der Waals surface area contributed by atoms with Crippen LogP contribution in [0.1, 0.15) is 73.5 Å². The fourth-order valence-corrected chi connectivity index (χ4v) is 9.41. The van der Waals surface area contributed by atoms with Crippen LogP contribution in [0.2, 0.25) is 0 Å². The first-order valence-electron chi connectivity index (χ1n) is 19.4. The predicted molar refractivity (Wildman–Crippen MR) is 204 cm³/mol. The van der Waals surface area contributed by atoms with Crippen LogP contribution in [0.3, 0.4) is 0 Å². The fraction of sp³-hybridized carbons (Fsp3) is 0.512. The summed E-state index contributed by atoms with van der Waals surface area (Å²) >= 11 is 0. The number of halogens is 2. The number of nitrogens with one attached hydrogen (secondary N) is 2. The zero-order chi connectivity index (χ0) is 37.5. The fourth-order valence-electron chi connectivity index (χ4n) is 9.41. The van der Waals surface area contributed by atoms with Gasteiger partial charge in [0.25, 0.3) is 5.91 Å². The van der Waals surface area contributed by atoms with Gasteiger partial charge in [0.15, 0.2) is 5.82 Å².